The molecule has 1 aromatic carbocycles. The molecule has 0 aromatic heterocycles. The van der Waals surface area contributed by atoms with Gasteiger partial charge < -0.3 is 5.32 Å². The third-order valence-electron chi connectivity index (χ3n) is 3.21. The predicted octanol–water partition coefficient (Wildman–Crippen LogP) is 4.24. The Morgan fingerprint density at radius 1 is 1.25 bits per heavy atom. The molecule has 0 saturated carbocycles. The van der Waals surface area contributed by atoms with E-state index < -0.39 is 0 Å². The quantitative estimate of drug-likeness (QED) is 0.722. The molecule has 1 aliphatic heterocycles. The molecule has 88 valence electrons. The molecule has 0 fully saturated rings. The summed E-state index contributed by atoms with van der Waals surface area (Å²) in [6.07, 6.45) is 0. The minimum atomic E-state index is 0.321. The molecule has 0 radical (unpaired) electrons. The van der Waals surface area contributed by atoms with Gasteiger partial charge in [-0.2, -0.15) is 0 Å². The molecular formula is C14H21NS. The number of benzene rings is 1. The Balaban J connectivity index is 2.34. The zero-order valence-corrected chi connectivity index (χ0v) is 11.7. The summed E-state index contributed by atoms with van der Waals surface area (Å²) < 4.78 is 0. The van der Waals surface area contributed by atoms with Crippen molar-refractivity contribution in [3.63, 3.8) is 0 Å². The Kier molecular flexibility index (Phi) is 2.95. The first kappa shape index (κ1) is 11.8. The Morgan fingerprint density at radius 2 is 1.94 bits per heavy atom. The highest BCUT2D eigenvalue weighted by Gasteiger charge is 2.29. The number of thioether (sulfide) groups is 1. The minimum absolute atomic E-state index is 0.321. The number of hydrogen-bond acceptors (Lipinski definition) is 2. The van der Waals surface area contributed by atoms with Crippen molar-refractivity contribution >= 4 is 17.4 Å². The van der Waals surface area contributed by atoms with Gasteiger partial charge >= 0.3 is 0 Å². The van der Waals surface area contributed by atoms with Crippen molar-refractivity contribution in [2.45, 2.75) is 45.6 Å². The summed E-state index contributed by atoms with van der Waals surface area (Å²) in [5.74, 6) is 1.17. The van der Waals surface area contributed by atoms with Crippen molar-refractivity contribution in [1.29, 1.82) is 0 Å². The van der Waals surface area contributed by atoms with Crippen LogP contribution in [0.15, 0.2) is 17.0 Å². The summed E-state index contributed by atoms with van der Waals surface area (Å²) in [6.45, 7) is 11.3. The standard InChI is InChI=1S/C14H21NS/c1-9-6-10(2)13-11(7-9)16-8-12(15-13)14(3,4)5/h6-7,12,15H,8H2,1-5H3. The third-order valence-corrected chi connectivity index (χ3v) is 4.35. The summed E-state index contributed by atoms with van der Waals surface area (Å²) in [5.41, 5.74) is 4.40. The van der Waals surface area contributed by atoms with E-state index in [9.17, 15) is 0 Å². The molecule has 0 bridgehead atoms. The van der Waals surface area contributed by atoms with Crippen molar-refractivity contribution in [3.8, 4) is 0 Å². The zero-order chi connectivity index (χ0) is 11.9. The monoisotopic (exact) mass is 235 g/mol. The normalized spacial score (nSPS) is 20.2. The Hall–Kier alpha value is -0.630. The first-order valence-electron chi connectivity index (χ1n) is 5.88. The molecule has 16 heavy (non-hydrogen) atoms. The van der Waals surface area contributed by atoms with Gasteiger partial charge in [0.2, 0.25) is 0 Å². The average Bonchev–Trinajstić information content (AvgIpc) is 2.15. The van der Waals surface area contributed by atoms with E-state index >= 15 is 0 Å². The van der Waals surface area contributed by atoms with Gasteiger partial charge in [-0.15, -0.1) is 11.8 Å². The smallest absolute Gasteiger partial charge is 0.0510 e. The lowest BCUT2D eigenvalue weighted by atomic mass is 9.87. The van der Waals surface area contributed by atoms with Gasteiger partial charge in [0.05, 0.1) is 5.69 Å². The van der Waals surface area contributed by atoms with E-state index in [0.717, 1.165) is 0 Å². The van der Waals surface area contributed by atoms with Crippen LogP contribution in [0.3, 0.4) is 0 Å². The lowest BCUT2D eigenvalue weighted by molar-refractivity contribution is 0.361. The summed E-state index contributed by atoms with van der Waals surface area (Å²) in [5, 5.41) is 3.71. The second-order valence-corrected chi connectivity index (χ2v) is 6.89. The second kappa shape index (κ2) is 3.99. The van der Waals surface area contributed by atoms with Crippen LogP contribution < -0.4 is 5.32 Å². The molecule has 1 aliphatic rings. The lowest BCUT2D eigenvalue weighted by Crippen LogP contribution is -2.38. The van der Waals surface area contributed by atoms with E-state index in [-0.39, 0.29) is 0 Å². The molecule has 2 heteroatoms. The van der Waals surface area contributed by atoms with Crippen molar-refractivity contribution in [2.24, 2.45) is 5.41 Å². The predicted molar refractivity (Wildman–Crippen MR) is 73.5 cm³/mol. The van der Waals surface area contributed by atoms with Gasteiger partial charge in [0.1, 0.15) is 0 Å². The van der Waals surface area contributed by atoms with Gasteiger partial charge in [0, 0.05) is 16.7 Å². The lowest BCUT2D eigenvalue weighted by Gasteiger charge is -2.36. The van der Waals surface area contributed by atoms with Gasteiger partial charge in [0.25, 0.3) is 0 Å². The van der Waals surface area contributed by atoms with Crippen molar-refractivity contribution < 1.29 is 0 Å². The molecular weight excluding hydrogens is 214 g/mol. The van der Waals surface area contributed by atoms with E-state index in [1.54, 1.807) is 0 Å². The summed E-state index contributed by atoms with van der Waals surface area (Å²) in [7, 11) is 0. The van der Waals surface area contributed by atoms with Crippen LogP contribution in [-0.4, -0.2) is 11.8 Å². The molecule has 1 nitrogen and oxygen atoms in total. The number of fused-ring (bicyclic) bond motifs is 1. The summed E-state index contributed by atoms with van der Waals surface area (Å²) >= 11 is 1.99. The van der Waals surface area contributed by atoms with Gasteiger partial charge in [0.15, 0.2) is 0 Å². The molecule has 1 heterocycles. The third kappa shape index (κ3) is 2.22. The number of nitrogens with one attached hydrogen (secondary N) is 1. The first-order valence-corrected chi connectivity index (χ1v) is 6.87. The molecule has 1 aromatic rings. The maximum absolute atomic E-state index is 3.71. The molecule has 0 spiro atoms. The first-order chi connectivity index (χ1) is 7.38. The summed E-state index contributed by atoms with van der Waals surface area (Å²) in [4.78, 5) is 1.41. The van der Waals surface area contributed by atoms with Crippen LogP contribution >= 0.6 is 11.8 Å². The summed E-state index contributed by atoms with van der Waals surface area (Å²) in [6, 6.07) is 5.11. The number of rotatable bonds is 0. The topological polar surface area (TPSA) is 12.0 Å². The van der Waals surface area contributed by atoms with Crippen LogP contribution in [0.4, 0.5) is 5.69 Å². The molecule has 0 saturated heterocycles. The van der Waals surface area contributed by atoms with Crippen molar-refractivity contribution in [1.82, 2.24) is 0 Å². The zero-order valence-electron chi connectivity index (χ0n) is 10.8. The molecule has 0 amide bonds. The number of aryl methyl sites for hydroxylation is 2. The van der Waals surface area contributed by atoms with E-state index in [0.29, 0.717) is 11.5 Å². The van der Waals surface area contributed by atoms with Gasteiger partial charge in [-0.25, -0.2) is 0 Å². The van der Waals surface area contributed by atoms with E-state index in [1.807, 2.05) is 11.8 Å². The SMILES string of the molecule is Cc1cc(C)c2c(c1)SCC(C(C)(C)C)N2. The van der Waals surface area contributed by atoms with Crippen LogP contribution in [0.2, 0.25) is 0 Å². The number of anilines is 1. The highest BCUT2D eigenvalue weighted by Crippen LogP contribution is 2.40. The highest BCUT2D eigenvalue weighted by atomic mass is 32.2. The molecule has 1 atom stereocenters. The largest absolute Gasteiger partial charge is 0.380 e. The molecule has 1 N–H and O–H groups in total. The maximum atomic E-state index is 3.71. The molecule has 1 unspecified atom stereocenters. The van der Waals surface area contributed by atoms with Gasteiger partial charge in [-0.05, 0) is 36.5 Å². The highest BCUT2D eigenvalue weighted by molar-refractivity contribution is 7.99. The van der Waals surface area contributed by atoms with Gasteiger partial charge in [-0.1, -0.05) is 26.8 Å². The maximum Gasteiger partial charge on any atom is 0.0510 e. The van der Waals surface area contributed by atoms with Gasteiger partial charge in [-0.3, -0.25) is 0 Å². The fourth-order valence-corrected chi connectivity index (χ4v) is 3.65. The molecule has 2 rings (SSSR count). The Morgan fingerprint density at radius 3 is 2.56 bits per heavy atom. The average molecular weight is 235 g/mol. The number of hydrogen-bond donors (Lipinski definition) is 1. The van der Waals surface area contributed by atoms with Crippen LogP contribution in [0.1, 0.15) is 31.9 Å². The molecule has 0 aliphatic carbocycles. The Labute approximate surface area is 103 Å². The van der Waals surface area contributed by atoms with Crippen LogP contribution in [0.5, 0.6) is 0 Å². The minimum Gasteiger partial charge on any atom is -0.380 e. The van der Waals surface area contributed by atoms with Crippen LogP contribution in [0, 0.1) is 19.3 Å². The van der Waals surface area contributed by atoms with Crippen molar-refractivity contribution in [2.75, 3.05) is 11.1 Å². The van der Waals surface area contributed by atoms with E-state index in [1.165, 1.54) is 27.5 Å². The second-order valence-electron chi connectivity index (χ2n) is 5.83. The Bertz CT molecular complexity index is 404. The van der Waals surface area contributed by atoms with Crippen LogP contribution in [-0.2, 0) is 0 Å². The van der Waals surface area contributed by atoms with Crippen molar-refractivity contribution in [3.05, 3.63) is 23.3 Å². The van der Waals surface area contributed by atoms with E-state index in [4.69, 9.17) is 0 Å². The fraction of sp³-hybridized carbons (Fsp3) is 0.571. The fourth-order valence-electron chi connectivity index (χ4n) is 2.08. The van der Waals surface area contributed by atoms with E-state index in [2.05, 4.69) is 52.1 Å². The van der Waals surface area contributed by atoms with Crippen LogP contribution in [0.25, 0.3) is 0 Å².